The Balaban J connectivity index is 1.38. The van der Waals surface area contributed by atoms with Gasteiger partial charge >= 0.3 is 11.8 Å². The van der Waals surface area contributed by atoms with Gasteiger partial charge in [-0.1, -0.05) is 18.2 Å². The van der Waals surface area contributed by atoms with E-state index in [2.05, 4.69) is 10.3 Å². The van der Waals surface area contributed by atoms with Crippen LogP contribution in [-0.4, -0.2) is 40.1 Å². The van der Waals surface area contributed by atoms with Gasteiger partial charge in [-0.05, 0) is 30.7 Å². The largest absolute Gasteiger partial charge is 0.420 e. The second-order valence-corrected chi connectivity index (χ2v) is 6.40. The van der Waals surface area contributed by atoms with Gasteiger partial charge in [-0.25, -0.2) is 9.59 Å². The maximum absolute atomic E-state index is 12.4. The van der Waals surface area contributed by atoms with E-state index in [-0.39, 0.29) is 17.8 Å². The summed E-state index contributed by atoms with van der Waals surface area (Å²) in [6, 6.07) is 12.9. The lowest BCUT2D eigenvalue weighted by Crippen LogP contribution is -2.39. The molecule has 3 heterocycles. The predicted molar refractivity (Wildman–Crippen MR) is 97.0 cm³/mol. The highest BCUT2D eigenvalue weighted by molar-refractivity contribution is 5.75. The van der Waals surface area contributed by atoms with E-state index >= 15 is 0 Å². The topological polar surface area (TPSA) is 80.4 Å². The number of hydrogen-bond donors (Lipinski definition) is 1. The van der Waals surface area contributed by atoms with Crippen LogP contribution in [0.1, 0.15) is 18.2 Å². The van der Waals surface area contributed by atoms with Gasteiger partial charge in [-0.3, -0.25) is 9.55 Å². The maximum Gasteiger partial charge on any atom is 0.420 e. The molecule has 2 aromatic heterocycles. The first-order chi connectivity index (χ1) is 12.7. The van der Waals surface area contributed by atoms with Crippen molar-refractivity contribution in [3.05, 3.63) is 64.9 Å². The Morgan fingerprint density at radius 3 is 2.92 bits per heavy atom. The average molecular weight is 352 g/mol. The Morgan fingerprint density at radius 2 is 2.08 bits per heavy atom. The predicted octanol–water partition coefficient (Wildman–Crippen LogP) is 2.19. The number of nitrogens with one attached hydrogen (secondary N) is 1. The number of rotatable bonds is 4. The lowest BCUT2D eigenvalue weighted by Gasteiger charge is -2.17. The zero-order valence-electron chi connectivity index (χ0n) is 14.3. The molecule has 26 heavy (non-hydrogen) atoms. The summed E-state index contributed by atoms with van der Waals surface area (Å²) in [4.78, 5) is 30.6. The normalized spacial score (nSPS) is 16.9. The summed E-state index contributed by atoms with van der Waals surface area (Å²) < 4.78 is 6.97. The van der Waals surface area contributed by atoms with Gasteiger partial charge in [0.25, 0.3) is 0 Å². The molecule has 1 N–H and O–H groups in total. The van der Waals surface area contributed by atoms with Crippen molar-refractivity contribution in [1.82, 2.24) is 19.8 Å². The summed E-state index contributed by atoms with van der Waals surface area (Å²) in [6.07, 6.45) is 3.17. The Labute approximate surface area is 150 Å². The monoisotopic (exact) mass is 352 g/mol. The molecule has 0 saturated carbocycles. The van der Waals surface area contributed by atoms with Crippen LogP contribution in [0.2, 0.25) is 0 Å². The molecule has 4 rings (SSSR count). The van der Waals surface area contributed by atoms with Gasteiger partial charge in [-0.15, -0.1) is 0 Å². The zero-order valence-corrected chi connectivity index (χ0v) is 14.3. The Bertz CT molecular complexity index is 964. The van der Waals surface area contributed by atoms with Gasteiger partial charge in [0.2, 0.25) is 0 Å². The van der Waals surface area contributed by atoms with Gasteiger partial charge in [0.15, 0.2) is 5.58 Å². The number of urea groups is 1. The van der Waals surface area contributed by atoms with Crippen molar-refractivity contribution in [1.29, 1.82) is 0 Å². The zero-order chi connectivity index (χ0) is 17.9. The van der Waals surface area contributed by atoms with Crippen LogP contribution in [0, 0.1) is 0 Å². The van der Waals surface area contributed by atoms with E-state index in [1.165, 1.54) is 0 Å². The number of para-hydroxylation sites is 2. The van der Waals surface area contributed by atoms with Crippen LogP contribution in [-0.2, 0) is 6.42 Å². The number of likely N-dealkylation sites (tertiary alicyclic amines) is 1. The summed E-state index contributed by atoms with van der Waals surface area (Å²) in [5.74, 6) is -0.367. The number of benzene rings is 1. The molecule has 1 saturated heterocycles. The highest BCUT2D eigenvalue weighted by Crippen LogP contribution is 2.24. The van der Waals surface area contributed by atoms with Crippen molar-refractivity contribution in [2.45, 2.75) is 18.9 Å². The van der Waals surface area contributed by atoms with Crippen LogP contribution in [0.4, 0.5) is 4.79 Å². The molecule has 7 heteroatoms. The minimum Gasteiger partial charge on any atom is -0.408 e. The van der Waals surface area contributed by atoms with Crippen molar-refractivity contribution in [2.75, 3.05) is 19.6 Å². The molecule has 134 valence electrons. The summed E-state index contributed by atoms with van der Waals surface area (Å²) in [5, 5.41) is 2.93. The van der Waals surface area contributed by atoms with Crippen LogP contribution in [0.3, 0.4) is 0 Å². The van der Waals surface area contributed by atoms with Crippen LogP contribution in [0.25, 0.3) is 11.1 Å². The molecule has 0 bridgehead atoms. The molecule has 0 spiro atoms. The first-order valence-corrected chi connectivity index (χ1v) is 8.75. The Kier molecular flexibility index (Phi) is 4.43. The molecule has 2 amide bonds. The smallest absolute Gasteiger partial charge is 0.408 e. The summed E-state index contributed by atoms with van der Waals surface area (Å²) in [5.41, 5.74) is 2.30. The fourth-order valence-electron chi connectivity index (χ4n) is 3.42. The standard InChI is InChI=1S/C19H20N4O3/c24-18(21-11-8-14-5-3-4-10-20-14)22-12-9-15(13-22)23-16-6-1-2-7-17(16)26-19(23)25/h1-7,10,15H,8-9,11-13H2,(H,21,24). The molecule has 0 radical (unpaired) electrons. The number of aromatic nitrogens is 2. The second-order valence-electron chi connectivity index (χ2n) is 6.40. The van der Waals surface area contributed by atoms with E-state index in [1.54, 1.807) is 21.7 Å². The fourth-order valence-corrected chi connectivity index (χ4v) is 3.42. The maximum atomic E-state index is 12.4. The van der Waals surface area contributed by atoms with E-state index in [9.17, 15) is 9.59 Å². The number of amides is 2. The van der Waals surface area contributed by atoms with Gasteiger partial charge in [0.1, 0.15) is 0 Å². The lowest BCUT2D eigenvalue weighted by molar-refractivity contribution is 0.207. The van der Waals surface area contributed by atoms with Crippen molar-refractivity contribution in [3.8, 4) is 0 Å². The Morgan fingerprint density at radius 1 is 1.23 bits per heavy atom. The number of oxazole rings is 1. The molecule has 7 nitrogen and oxygen atoms in total. The van der Waals surface area contributed by atoms with Crippen LogP contribution < -0.4 is 11.1 Å². The lowest BCUT2D eigenvalue weighted by atomic mass is 10.2. The third kappa shape index (κ3) is 3.20. The van der Waals surface area contributed by atoms with E-state index in [4.69, 9.17) is 4.42 Å². The minimum absolute atomic E-state index is 0.0623. The fraction of sp³-hybridized carbons (Fsp3) is 0.316. The van der Waals surface area contributed by atoms with Crippen molar-refractivity contribution in [3.63, 3.8) is 0 Å². The molecule has 1 fully saturated rings. The van der Waals surface area contributed by atoms with Crippen molar-refractivity contribution in [2.24, 2.45) is 0 Å². The van der Waals surface area contributed by atoms with Gasteiger partial charge in [0, 0.05) is 37.9 Å². The first kappa shape index (κ1) is 16.4. The molecule has 1 aliphatic heterocycles. The number of fused-ring (bicyclic) bond motifs is 1. The molecule has 0 aliphatic carbocycles. The quantitative estimate of drug-likeness (QED) is 0.780. The SMILES string of the molecule is O=C(NCCc1ccccn1)N1CCC(n2c(=O)oc3ccccc32)C1. The minimum atomic E-state index is -0.367. The van der Waals surface area contributed by atoms with Gasteiger partial charge < -0.3 is 14.6 Å². The summed E-state index contributed by atoms with van der Waals surface area (Å²) in [6.45, 7) is 1.65. The number of hydrogen-bond acceptors (Lipinski definition) is 4. The van der Waals surface area contributed by atoms with Crippen LogP contribution in [0.5, 0.6) is 0 Å². The van der Waals surface area contributed by atoms with E-state index in [1.807, 2.05) is 36.4 Å². The molecule has 1 aliphatic rings. The third-order valence-corrected chi connectivity index (χ3v) is 4.72. The van der Waals surface area contributed by atoms with Crippen molar-refractivity contribution >= 4 is 17.1 Å². The summed E-state index contributed by atoms with van der Waals surface area (Å²) >= 11 is 0. The highest BCUT2D eigenvalue weighted by Gasteiger charge is 2.29. The molecule has 1 unspecified atom stereocenters. The van der Waals surface area contributed by atoms with Crippen molar-refractivity contribution < 1.29 is 9.21 Å². The Hall–Kier alpha value is -3.09. The number of carbonyl (C=O) groups is 1. The number of nitrogens with zero attached hydrogens (tertiary/aromatic N) is 3. The van der Waals surface area contributed by atoms with E-state index < -0.39 is 0 Å². The highest BCUT2D eigenvalue weighted by atomic mass is 16.4. The number of carbonyl (C=O) groups excluding carboxylic acids is 1. The molecular weight excluding hydrogens is 332 g/mol. The average Bonchev–Trinajstić information content (AvgIpc) is 3.26. The third-order valence-electron chi connectivity index (χ3n) is 4.72. The van der Waals surface area contributed by atoms with E-state index in [0.717, 1.165) is 17.6 Å². The first-order valence-electron chi connectivity index (χ1n) is 8.75. The van der Waals surface area contributed by atoms with Crippen LogP contribution >= 0.6 is 0 Å². The van der Waals surface area contributed by atoms with Crippen LogP contribution in [0.15, 0.2) is 57.9 Å². The molecular formula is C19H20N4O3. The van der Waals surface area contributed by atoms with E-state index in [0.29, 0.717) is 31.6 Å². The van der Waals surface area contributed by atoms with Gasteiger partial charge in [-0.2, -0.15) is 0 Å². The number of pyridine rings is 1. The second kappa shape index (κ2) is 7.03. The molecule has 1 aromatic carbocycles. The summed E-state index contributed by atoms with van der Waals surface area (Å²) in [7, 11) is 0. The molecule has 3 aromatic rings. The van der Waals surface area contributed by atoms with Gasteiger partial charge in [0.05, 0.1) is 11.6 Å². The molecule has 1 atom stereocenters.